The standard InChI is InChI=1S/C4H8N4O2S/c1-11(9,10)3-2-4-5-7-8-6-4/h2-3H2,1H3,(H,5,6,7,8). The van der Waals surface area contributed by atoms with Crippen LogP contribution in [-0.4, -0.2) is 41.1 Å². The third kappa shape index (κ3) is 3.08. The molecule has 0 fully saturated rings. The highest BCUT2D eigenvalue weighted by Gasteiger charge is 2.04. The van der Waals surface area contributed by atoms with Crippen LogP contribution in [0.15, 0.2) is 0 Å². The molecule has 0 spiro atoms. The summed E-state index contributed by atoms with van der Waals surface area (Å²) < 4.78 is 21.3. The van der Waals surface area contributed by atoms with Crippen LogP contribution < -0.4 is 0 Å². The van der Waals surface area contributed by atoms with Crippen molar-refractivity contribution in [2.75, 3.05) is 12.0 Å². The molecule has 0 saturated heterocycles. The molecule has 62 valence electrons. The van der Waals surface area contributed by atoms with Crippen LogP contribution in [-0.2, 0) is 16.3 Å². The normalized spacial score (nSPS) is 11.7. The summed E-state index contributed by atoms with van der Waals surface area (Å²) in [5, 5.41) is 12.6. The van der Waals surface area contributed by atoms with Crippen LogP contribution in [0.1, 0.15) is 5.82 Å². The largest absolute Gasteiger partial charge is 0.243 e. The van der Waals surface area contributed by atoms with Crippen molar-refractivity contribution in [3.8, 4) is 0 Å². The monoisotopic (exact) mass is 176 g/mol. The van der Waals surface area contributed by atoms with E-state index in [-0.39, 0.29) is 5.75 Å². The summed E-state index contributed by atoms with van der Waals surface area (Å²) in [6, 6.07) is 0. The molecule has 0 saturated carbocycles. The Morgan fingerprint density at radius 3 is 2.73 bits per heavy atom. The Morgan fingerprint density at radius 1 is 1.55 bits per heavy atom. The van der Waals surface area contributed by atoms with E-state index in [9.17, 15) is 8.42 Å². The van der Waals surface area contributed by atoms with Crippen molar-refractivity contribution >= 4 is 9.84 Å². The number of hydrogen-bond acceptors (Lipinski definition) is 5. The molecule has 0 radical (unpaired) electrons. The fraction of sp³-hybridized carbons (Fsp3) is 0.750. The lowest BCUT2D eigenvalue weighted by Gasteiger charge is -1.91. The van der Waals surface area contributed by atoms with E-state index in [2.05, 4.69) is 20.6 Å². The van der Waals surface area contributed by atoms with Crippen LogP contribution in [0.3, 0.4) is 0 Å². The topological polar surface area (TPSA) is 88.6 Å². The first-order chi connectivity index (χ1) is 5.08. The molecule has 0 unspecified atom stereocenters. The van der Waals surface area contributed by atoms with E-state index < -0.39 is 9.84 Å². The molecule has 11 heavy (non-hydrogen) atoms. The predicted molar refractivity (Wildman–Crippen MR) is 37.6 cm³/mol. The number of nitrogens with one attached hydrogen (secondary N) is 1. The van der Waals surface area contributed by atoms with E-state index >= 15 is 0 Å². The van der Waals surface area contributed by atoms with E-state index in [0.717, 1.165) is 0 Å². The number of nitrogens with zero attached hydrogens (tertiary/aromatic N) is 3. The van der Waals surface area contributed by atoms with Crippen molar-refractivity contribution in [2.24, 2.45) is 0 Å². The minimum absolute atomic E-state index is 0.0733. The minimum atomic E-state index is -2.92. The van der Waals surface area contributed by atoms with Crippen molar-refractivity contribution in [1.82, 2.24) is 20.6 Å². The molecule has 1 heterocycles. The lowest BCUT2D eigenvalue weighted by Crippen LogP contribution is -2.06. The number of hydrogen-bond donors (Lipinski definition) is 1. The van der Waals surface area contributed by atoms with Gasteiger partial charge in [0.2, 0.25) is 0 Å². The fourth-order valence-electron chi connectivity index (χ4n) is 0.567. The average Bonchev–Trinajstić information content (AvgIpc) is 2.32. The predicted octanol–water partition coefficient (Wildman–Crippen LogP) is -1.21. The Balaban J connectivity index is 2.48. The summed E-state index contributed by atoms with van der Waals surface area (Å²) in [7, 11) is -2.92. The van der Waals surface area contributed by atoms with Crippen LogP contribution in [0.5, 0.6) is 0 Å². The molecular formula is C4H8N4O2S. The Bertz CT molecular complexity index is 303. The summed E-state index contributed by atoms with van der Waals surface area (Å²) in [4.78, 5) is 0. The molecule has 1 N–H and O–H groups in total. The lowest BCUT2D eigenvalue weighted by atomic mass is 10.5. The molecule has 6 nitrogen and oxygen atoms in total. The van der Waals surface area contributed by atoms with Gasteiger partial charge < -0.3 is 0 Å². The van der Waals surface area contributed by atoms with Crippen molar-refractivity contribution in [2.45, 2.75) is 6.42 Å². The first-order valence-electron chi connectivity index (χ1n) is 2.98. The van der Waals surface area contributed by atoms with Crippen molar-refractivity contribution in [3.05, 3.63) is 5.82 Å². The molecule has 7 heteroatoms. The van der Waals surface area contributed by atoms with Gasteiger partial charge in [-0.25, -0.2) is 13.5 Å². The van der Waals surface area contributed by atoms with Crippen LogP contribution in [0.25, 0.3) is 0 Å². The molecule has 0 aliphatic carbocycles. The summed E-state index contributed by atoms with van der Waals surface area (Å²) in [6.45, 7) is 0. The van der Waals surface area contributed by atoms with E-state index in [0.29, 0.717) is 12.2 Å². The average molecular weight is 176 g/mol. The van der Waals surface area contributed by atoms with Gasteiger partial charge >= 0.3 is 0 Å². The van der Waals surface area contributed by atoms with Crippen LogP contribution in [0.4, 0.5) is 0 Å². The first-order valence-corrected chi connectivity index (χ1v) is 5.04. The SMILES string of the molecule is CS(=O)(=O)CCc1nnn[nH]1. The van der Waals surface area contributed by atoms with E-state index in [1.807, 2.05) is 0 Å². The van der Waals surface area contributed by atoms with Gasteiger partial charge in [0.1, 0.15) is 15.7 Å². The zero-order valence-electron chi connectivity index (χ0n) is 5.98. The molecule has 0 aliphatic heterocycles. The molecule has 0 bridgehead atoms. The highest BCUT2D eigenvalue weighted by molar-refractivity contribution is 7.90. The van der Waals surface area contributed by atoms with Crippen molar-refractivity contribution in [3.63, 3.8) is 0 Å². The van der Waals surface area contributed by atoms with Crippen molar-refractivity contribution in [1.29, 1.82) is 0 Å². The maximum absolute atomic E-state index is 10.6. The Labute approximate surface area is 63.9 Å². The number of H-pyrrole nitrogens is 1. The lowest BCUT2D eigenvalue weighted by molar-refractivity contribution is 0.600. The molecule has 0 atom stereocenters. The molecule has 0 aliphatic rings. The van der Waals surface area contributed by atoms with Gasteiger partial charge in [0.25, 0.3) is 0 Å². The molecule has 1 rings (SSSR count). The fourth-order valence-corrected chi connectivity index (χ4v) is 1.13. The second-order valence-electron chi connectivity index (χ2n) is 2.23. The van der Waals surface area contributed by atoms with E-state index in [1.54, 1.807) is 0 Å². The third-order valence-electron chi connectivity index (χ3n) is 1.10. The van der Waals surface area contributed by atoms with Gasteiger partial charge in [-0.15, -0.1) is 5.10 Å². The van der Waals surface area contributed by atoms with Crippen LogP contribution >= 0.6 is 0 Å². The minimum Gasteiger partial charge on any atom is -0.243 e. The molecule has 0 aromatic carbocycles. The Hall–Kier alpha value is -0.980. The van der Waals surface area contributed by atoms with Crippen LogP contribution in [0, 0.1) is 0 Å². The second kappa shape index (κ2) is 2.95. The van der Waals surface area contributed by atoms with E-state index in [1.165, 1.54) is 6.26 Å². The number of tetrazole rings is 1. The Morgan fingerprint density at radius 2 is 2.27 bits per heavy atom. The highest BCUT2D eigenvalue weighted by Crippen LogP contribution is 1.90. The number of aryl methyl sites for hydroxylation is 1. The van der Waals surface area contributed by atoms with Gasteiger partial charge in [-0.3, -0.25) is 0 Å². The Kier molecular flexibility index (Phi) is 2.18. The molecular weight excluding hydrogens is 168 g/mol. The number of aromatic amines is 1. The summed E-state index contributed by atoms with van der Waals surface area (Å²) in [5.74, 6) is 0.569. The number of rotatable bonds is 3. The van der Waals surface area contributed by atoms with Gasteiger partial charge in [0.05, 0.1) is 5.75 Å². The zero-order chi connectivity index (χ0) is 8.32. The molecule has 1 aromatic heterocycles. The number of aromatic nitrogens is 4. The first kappa shape index (κ1) is 8.12. The maximum Gasteiger partial charge on any atom is 0.149 e. The maximum atomic E-state index is 10.6. The van der Waals surface area contributed by atoms with Gasteiger partial charge in [-0.1, -0.05) is 0 Å². The quantitative estimate of drug-likeness (QED) is 0.624. The molecule has 0 amide bonds. The second-order valence-corrected chi connectivity index (χ2v) is 4.49. The van der Waals surface area contributed by atoms with Crippen LogP contribution in [0.2, 0.25) is 0 Å². The van der Waals surface area contributed by atoms with Gasteiger partial charge in [0, 0.05) is 12.7 Å². The molecule has 1 aromatic rings. The van der Waals surface area contributed by atoms with Crippen molar-refractivity contribution < 1.29 is 8.42 Å². The summed E-state index contributed by atoms with van der Waals surface area (Å²) in [5.41, 5.74) is 0. The zero-order valence-corrected chi connectivity index (χ0v) is 6.80. The summed E-state index contributed by atoms with van der Waals surface area (Å²) in [6.07, 6.45) is 1.52. The van der Waals surface area contributed by atoms with Gasteiger partial charge in [0.15, 0.2) is 0 Å². The highest BCUT2D eigenvalue weighted by atomic mass is 32.2. The van der Waals surface area contributed by atoms with Gasteiger partial charge in [-0.05, 0) is 10.4 Å². The van der Waals surface area contributed by atoms with Gasteiger partial charge in [-0.2, -0.15) is 0 Å². The smallest absolute Gasteiger partial charge is 0.149 e. The third-order valence-corrected chi connectivity index (χ3v) is 2.04. The number of sulfone groups is 1. The summed E-state index contributed by atoms with van der Waals surface area (Å²) >= 11 is 0. The van der Waals surface area contributed by atoms with E-state index in [4.69, 9.17) is 0 Å².